The van der Waals surface area contributed by atoms with Crippen molar-refractivity contribution in [2.75, 3.05) is 6.61 Å². The fourth-order valence-electron chi connectivity index (χ4n) is 2.03. The molecular formula is C12H20O9. The van der Waals surface area contributed by atoms with Crippen molar-refractivity contribution in [3.63, 3.8) is 0 Å². The van der Waals surface area contributed by atoms with Crippen LogP contribution in [0, 0.1) is 0 Å². The van der Waals surface area contributed by atoms with Crippen molar-refractivity contribution in [1.29, 1.82) is 0 Å². The van der Waals surface area contributed by atoms with Gasteiger partial charge in [0.2, 0.25) is 5.60 Å². The van der Waals surface area contributed by atoms with Crippen LogP contribution in [0.4, 0.5) is 0 Å². The van der Waals surface area contributed by atoms with E-state index in [1.807, 2.05) is 0 Å². The Bertz CT molecular complexity index is 418. The molecule has 9 heteroatoms. The molecule has 21 heavy (non-hydrogen) atoms. The molecule has 9 nitrogen and oxygen atoms in total. The first-order chi connectivity index (χ1) is 9.38. The summed E-state index contributed by atoms with van der Waals surface area (Å²) in [6, 6.07) is 0. The van der Waals surface area contributed by atoms with E-state index >= 15 is 0 Å². The third-order valence-corrected chi connectivity index (χ3v) is 3.44. The normalized spacial score (nSPS) is 19.3. The average molecular weight is 308 g/mol. The van der Waals surface area contributed by atoms with Gasteiger partial charge in [-0.25, -0.2) is 0 Å². The van der Waals surface area contributed by atoms with E-state index in [9.17, 15) is 39.9 Å². The van der Waals surface area contributed by atoms with Crippen LogP contribution in [0.5, 0.6) is 0 Å². The molecule has 0 heterocycles. The maximum absolute atomic E-state index is 11.6. The minimum absolute atomic E-state index is 0.679. The molecule has 0 saturated carbocycles. The van der Waals surface area contributed by atoms with Crippen LogP contribution in [0.15, 0.2) is 0 Å². The molecule has 0 rings (SSSR count). The van der Waals surface area contributed by atoms with Gasteiger partial charge in [0.05, 0.1) is 6.61 Å². The summed E-state index contributed by atoms with van der Waals surface area (Å²) in [7, 11) is 0. The molecule has 0 saturated heterocycles. The van der Waals surface area contributed by atoms with Gasteiger partial charge in [0.25, 0.3) is 0 Å². The molecule has 0 unspecified atom stereocenters. The van der Waals surface area contributed by atoms with Gasteiger partial charge in [0.1, 0.15) is 18.3 Å². The van der Waals surface area contributed by atoms with Crippen molar-refractivity contribution in [3.8, 4) is 0 Å². The van der Waals surface area contributed by atoms with E-state index in [1.54, 1.807) is 0 Å². The molecule has 122 valence electrons. The van der Waals surface area contributed by atoms with Crippen LogP contribution in [0.25, 0.3) is 0 Å². The van der Waals surface area contributed by atoms with Gasteiger partial charge in [0, 0.05) is 0 Å². The smallest absolute Gasteiger partial charge is 0.219 e. The van der Waals surface area contributed by atoms with Gasteiger partial charge >= 0.3 is 0 Å². The number of carbonyl (C=O) groups is 3. The quantitative estimate of drug-likeness (QED) is 0.247. The van der Waals surface area contributed by atoms with Gasteiger partial charge in [-0.3, -0.25) is 14.4 Å². The Morgan fingerprint density at radius 3 is 1.52 bits per heavy atom. The minimum Gasteiger partial charge on any atom is -0.394 e. The Morgan fingerprint density at radius 1 is 0.905 bits per heavy atom. The standard InChI is InChI=1S/C12H20O9/c1-5(14)11(20,6(2)15)12(21,7(3)16)10(19)9(18)8(17)4-13/h8-10,13,17-21H,4H2,1-3H3/t8-,9-,10+,12-/m1/s1. The first-order valence-corrected chi connectivity index (χ1v) is 6.01. The van der Waals surface area contributed by atoms with E-state index in [0.29, 0.717) is 20.8 Å². The second kappa shape index (κ2) is 6.69. The summed E-state index contributed by atoms with van der Waals surface area (Å²) in [5.41, 5.74) is -6.70. The molecule has 0 aliphatic rings. The lowest BCUT2D eigenvalue weighted by atomic mass is 9.69. The zero-order chi connectivity index (χ0) is 17.2. The maximum atomic E-state index is 11.6. The van der Waals surface area contributed by atoms with Crippen molar-refractivity contribution in [2.45, 2.75) is 50.3 Å². The van der Waals surface area contributed by atoms with Crippen molar-refractivity contribution >= 4 is 17.3 Å². The molecule has 4 atom stereocenters. The molecule has 0 spiro atoms. The zero-order valence-electron chi connectivity index (χ0n) is 11.8. The number of ketones is 3. The van der Waals surface area contributed by atoms with Crippen LogP contribution < -0.4 is 0 Å². The van der Waals surface area contributed by atoms with Crippen molar-refractivity contribution in [1.82, 2.24) is 0 Å². The Labute approximate surface area is 120 Å². The van der Waals surface area contributed by atoms with Gasteiger partial charge in [-0.1, -0.05) is 0 Å². The van der Waals surface area contributed by atoms with E-state index < -0.39 is 53.5 Å². The Balaban J connectivity index is 6.12. The van der Waals surface area contributed by atoms with Crippen LogP contribution in [0.3, 0.4) is 0 Å². The summed E-state index contributed by atoms with van der Waals surface area (Å²) in [6.45, 7) is 1.05. The van der Waals surface area contributed by atoms with E-state index in [0.717, 1.165) is 0 Å². The highest BCUT2D eigenvalue weighted by molar-refractivity contribution is 6.14. The minimum atomic E-state index is -3.39. The zero-order valence-corrected chi connectivity index (χ0v) is 11.8. The van der Waals surface area contributed by atoms with Gasteiger partial charge in [-0.15, -0.1) is 0 Å². The number of hydrogen-bond acceptors (Lipinski definition) is 9. The van der Waals surface area contributed by atoms with Gasteiger partial charge in [0.15, 0.2) is 23.0 Å². The number of carbonyl (C=O) groups excluding carboxylic acids is 3. The SMILES string of the molecule is CC(=O)C(O)(C(C)=O)[C@@](O)(C(C)=O)[C@@H](O)[C@H](O)[C@H](O)CO. The highest BCUT2D eigenvalue weighted by Gasteiger charge is 2.65. The second-order valence-corrected chi connectivity index (χ2v) is 4.83. The van der Waals surface area contributed by atoms with Crippen LogP contribution in [-0.2, 0) is 14.4 Å². The Kier molecular flexibility index (Phi) is 6.30. The topological polar surface area (TPSA) is 173 Å². The molecule has 0 aliphatic heterocycles. The number of Topliss-reactive ketones (excluding diaryl/α,β-unsaturated/α-hetero) is 3. The van der Waals surface area contributed by atoms with Crippen LogP contribution in [0.1, 0.15) is 20.8 Å². The molecule has 0 aromatic carbocycles. The number of hydrogen-bond donors (Lipinski definition) is 6. The molecule has 0 aliphatic carbocycles. The maximum Gasteiger partial charge on any atom is 0.219 e. The summed E-state index contributed by atoms with van der Waals surface area (Å²) >= 11 is 0. The lowest BCUT2D eigenvalue weighted by Crippen LogP contribution is -2.74. The van der Waals surface area contributed by atoms with Crippen LogP contribution in [0.2, 0.25) is 0 Å². The fourth-order valence-corrected chi connectivity index (χ4v) is 2.03. The van der Waals surface area contributed by atoms with Crippen LogP contribution in [-0.4, -0.2) is 84.1 Å². The summed E-state index contributed by atoms with van der Waals surface area (Å²) in [5, 5.41) is 57.9. The summed E-state index contributed by atoms with van der Waals surface area (Å²) in [6.07, 6.45) is -6.88. The predicted octanol–water partition coefficient (Wildman–Crippen LogP) is -3.71. The predicted molar refractivity (Wildman–Crippen MR) is 67.0 cm³/mol. The monoisotopic (exact) mass is 308 g/mol. The van der Waals surface area contributed by atoms with Crippen molar-refractivity contribution in [2.24, 2.45) is 0 Å². The van der Waals surface area contributed by atoms with E-state index in [2.05, 4.69) is 0 Å². The molecule has 6 N–H and O–H groups in total. The first kappa shape index (κ1) is 19.8. The molecule has 0 aromatic rings. The summed E-state index contributed by atoms with van der Waals surface area (Å²) < 4.78 is 0. The highest BCUT2D eigenvalue weighted by atomic mass is 16.4. The highest BCUT2D eigenvalue weighted by Crippen LogP contribution is 2.32. The van der Waals surface area contributed by atoms with E-state index in [1.165, 1.54) is 0 Å². The van der Waals surface area contributed by atoms with Gasteiger partial charge < -0.3 is 30.6 Å². The summed E-state index contributed by atoms with van der Waals surface area (Å²) in [5.74, 6) is -4.05. The molecule has 0 aromatic heterocycles. The first-order valence-electron chi connectivity index (χ1n) is 6.01. The third kappa shape index (κ3) is 3.03. The molecule has 0 amide bonds. The summed E-state index contributed by atoms with van der Waals surface area (Å²) in [4.78, 5) is 34.7. The molecule has 0 radical (unpaired) electrons. The Morgan fingerprint density at radius 2 is 1.29 bits per heavy atom. The van der Waals surface area contributed by atoms with Gasteiger partial charge in [-0.05, 0) is 20.8 Å². The average Bonchev–Trinajstić information content (AvgIpc) is 2.41. The lowest BCUT2D eigenvalue weighted by Gasteiger charge is -2.43. The largest absolute Gasteiger partial charge is 0.394 e. The van der Waals surface area contributed by atoms with Crippen molar-refractivity contribution in [3.05, 3.63) is 0 Å². The van der Waals surface area contributed by atoms with Crippen LogP contribution >= 0.6 is 0 Å². The van der Waals surface area contributed by atoms with E-state index in [-0.39, 0.29) is 0 Å². The Hall–Kier alpha value is -1.23. The molecule has 0 fully saturated rings. The van der Waals surface area contributed by atoms with Gasteiger partial charge in [-0.2, -0.15) is 0 Å². The number of rotatable bonds is 8. The van der Waals surface area contributed by atoms with Crippen molar-refractivity contribution < 1.29 is 45.0 Å². The number of aliphatic hydroxyl groups excluding tert-OH is 4. The second-order valence-electron chi connectivity index (χ2n) is 4.83. The number of aliphatic hydroxyl groups is 6. The molecular weight excluding hydrogens is 288 g/mol. The van der Waals surface area contributed by atoms with E-state index in [4.69, 9.17) is 5.11 Å². The lowest BCUT2D eigenvalue weighted by molar-refractivity contribution is -0.222. The molecule has 0 bridgehead atoms. The fraction of sp³-hybridized carbons (Fsp3) is 0.750. The third-order valence-electron chi connectivity index (χ3n) is 3.44.